The van der Waals surface area contributed by atoms with E-state index in [1.165, 1.54) is 12.0 Å². The standard InChI is InChI=1S/C50H79NO12/c1-28-12-13-29(2)16-19-36-20-17-34(7)50(59,63-36)47(56)48(57)51-22-10-11-37-38(25-35-18-21-39(52)42(26-35)60-8)41(62-49(58)43(37)51)27-40(53)31(4)24-33(6)45(55)46(61-9)44(54)32(5)23-30(3)15-14-28/h12-16,24,28,30-32,34-46,52-55,59H,10-11,17-23,25-27H2,1-9H3/b13-12+,15-14+,29-16+,33-24+/t28?,30-,31-,32-,34-,35+,36?,37?,38+,39-,40?,41+,42-,43?,44+,45-,46+,50?/m1/s1. The molecule has 5 N–H and O–H groups in total. The Kier molecular flexibility index (Phi) is 18.4. The van der Waals surface area contributed by atoms with Gasteiger partial charge in [-0.2, -0.15) is 0 Å². The number of amides is 1. The van der Waals surface area contributed by atoms with Crippen LogP contribution in [0.2, 0.25) is 0 Å². The van der Waals surface area contributed by atoms with Crippen molar-refractivity contribution < 1.29 is 58.9 Å². The van der Waals surface area contributed by atoms with E-state index in [9.17, 15) is 39.9 Å². The third-order valence-corrected chi connectivity index (χ3v) is 15.1. The molecular weight excluding hydrogens is 807 g/mol. The second-order valence-electron chi connectivity index (χ2n) is 20.1. The molecule has 356 valence electrons. The van der Waals surface area contributed by atoms with Crippen LogP contribution in [0.25, 0.3) is 0 Å². The number of nitrogens with zero attached hydrogens (tertiary/aromatic N) is 1. The Morgan fingerprint density at radius 3 is 2.29 bits per heavy atom. The van der Waals surface area contributed by atoms with Gasteiger partial charge in [0.15, 0.2) is 0 Å². The Morgan fingerprint density at radius 2 is 1.59 bits per heavy atom. The van der Waals surface area contributed by atoms with Crippen LogP contribution >= 0.6 is 0 Å². The number of ether oxygens (including phenoxy) is 4. The van der Waals surface area contributed by atoms with Crippen LogP contribution in [0.3, 0.4) is 0 Å². The highest BCUT2D eigenvalue weighted by Crippen LogP contribution is 2.45. The van der Waals surface area contributed by atoms with Gasteiger partial charge in [-0.3, -0.25) is 9.59 Å². The Labute approximate surface area is 376 Å². The first-order valence-corrected chi connectivity index (χ1v) is 23.7. The molecule has 0 aromatic heterocycles. The number of allylic oxidation sites excluding steroid dienone is 5. The highest BCUT2D eigenvalue weighted by Gasteiger charge is 2.56. The number of hydrogen-bond donors (Lipinski definition) is 5. The SMILES string of the molecule is CO[C@H]1[C@@H](O)[C@H](C)C[C@H](C)/C=C/C(C)/C=C/C(C)=C/CC2CC[C@@H](C)C(O)(O2)C(=O)C(=O)N2CCCC3C2C(=O)O[C@@H](CC(O)[C@H](C)/C=C(\C)[C@H]1O)[C@H]3C[C@@H]1CC[C@@H](O)[C@H](OC)C1. The average molecular weight is 886 g/mol. The van der Waals surface area contributed by atoms with Gasteiger partial charge in [0.05, 0.1) is 30.5 Å². The zero-order valence-corrected chi connectivity index (χ0v) is 39.3. The van der Waals surface area contributed by atoms with Crippen LogP contribution in [-0.4, -0.2) is 130 Å². The highest BCUT2D eigenvalue weighted by atomic mass is 16.6. The van der Waals surface area contributed by atoms with Gasteiger partial charge in [-0.1, -0.05) is 76.6 Å². The molecule has 13 nitrogen and oxygen atoms in total. The first-order valence-electron chi connectivity index (χ1n) is 23.7. The highest BCUT2D eigenvalue weighted by molar-refractivity contribution is 6.39. The van der Waals surface area contributed by atoms with Crippen molar-refractivity contribution in [1.82, 2.24) is 4.90 Å². The molecule has 0 aromatic carbocycles. The molecule has 6 rings (SSSR count). The average Bonchev–Trinajstić information content (AvgIpc) is 3.25. The molecule has 1 aliphatic carbocycles. The number of ketones is 1. The van der Waals surface area contributed by atoms with E-state index < -0.39 is 90.0 Å². The van der Waals surface area contributed by atoms with E-state index >= 15 is 0 Å². The fourth-order valence-corrected chi connectivity index (χ4v) is 11.0. The van der Waals surface area contributed by atoms with Gasteiger partial charge in [0.2, 0.25) is 5.79 Å². The first kappa shape index (κ1) is 51.2. The molecule has 3 saturated heterocycles. The molecule has 6 unspecified atom stereocenters. The number of rotatable bonds is 4. The third-order valence-electron chi connectivity index (χ3n) is 15.1. The summed E-state index contributed by atoms with van der Waals surface area (Å²) in [5.74, 6) is -6.76. The largest absolute Gasteiger partial charge is 0.460 e. The van der Waals surface area contributed by atoms with Crippen molar-refractivity contribution in [1.29, 1.82) is 0 Å². The third kappa shape index (κ3) is 12.4. The number of aliphatic hydroxyl groups excluding tert-OH is 4. The second kappa shape index (κ2) is 22.6. The molecule has 5 heterocycles. The van der Waals surface area contributed by atoms with Crippen LogP contribution in [0.1, 0.15) is 119 Å². The van der Waals surface area contributed by atoms with Crippen molar-refractivity contribution in [3.05, 3.63) is 47.6 Å². The summed E-state index contributed by atoms with van der Waals surface area (Å²) in [7, 11) is 3.05. The van der Waals surface area contributed by atoms with Crippen LogP contribution in [0.4, 0.5) is 0 Å². The minimum Gasteiger partial charge on any atom is -0.460 e. The van der Waals surface area contributed by atoms with E-state index in [1.54, 1.807) is 27.0 Å². The number of aliphatic hydroxyl groups is 5. The fourth-order valence-electron chi connectivity index (χ4n) is 11.0. The maximum atomic E-state index is 14.4. The molecule has 63 heavy (non-hydrogen) atoms. The number of piperidine rings is 1. The van der Waals surface area contributed by atoms with Crippen LogP contribution in [0.15, 0.2) is 47.6 Å². The maximum Gasteiger partial charge on any atom is 0.329 e. The van der Waals surface area contributed by atoms with Crippen LogP contribution in [-0.2, 0) is 33.3 Å². The van der Waals surface area contributed by atoms with Crippen molar-refractivity contribution in [2.75, 3.05) is 20.8 Å². The Morgan fingerprint density at radius 1 is 0.857 bits per heavy atom. The number of esters is 1. The lowest BCUT2D eigenvalue weighted by molar-refractivity contribution is -0.262. The lowest BCUT2D eigenvalue weighted by atomic mass is 9.67. The number of methoxy groups -OCH3 is 2. The first-order chi connectivity index (χ1) is 29.8. The normalized spacial score (nSPS) is 46.0. The second-order valence-corrected chi connectivity index (χ2v) is 20.1. The molecule has 1 saturated carbocycles. The Balaban J connectivity index is 1.49. The molecule has 1 amide bonds. The fraction of sp³-hybridized carbons (Fsp3) is 0.780. The summed E-state index contributed by atoms with van der Waals surface area (Å²) in [4.78, 5) is 44.2. The number of fused-ring (bicyclic) bond motifs is 16. The predicted octanol–water partition coefficient (Wildman–Crippen LogP) is 5.61. The van der Waals surface area contributed by atoms with Gasteiger partial charge in [-0.05, 0) is 113 Å². The summed E-state index contributed by atoms with van der Waals surface area (Å²) < 4.78 is 23.7. The molecule has 13 heteroatoms. The van der Waals surface area contributed by atoms with Crippen molar-refractivity contribution in [3.63, 3.8) is 0 Å². The van der Waals surface area contributed by atoms with Gasteiger partial charge >= 0.3 is 5.97 Å². The summed E-state index contributed by atoms with van der Waals surface area (Å²) in [5, 5.41) is 57.3. The minimum atomic E-state index is -2.36. The smallest absolute Gasteiger partial charge is 0.329 e. The van der Waals surface area contributed by atoms with Gasteiger partial charge in [-0.15, -0.1) is 0 Å². The van der Waals surface area contributed by atoms with E-state index in [1.807, 2.05) is 32.9 Å². The van der Waals surface area contributed by atoms with Crippen molar-refractivity contribution in [2.24, 2.45) is 47.3 Å². The topological polar surface area (TPSA) is 193 Å². The molecule has 0 aromatic rings. The summed E-state index contributed by atoms with van der Waals surface area (Å²) in [6.07, 6.45) is 11.8. The quantitative estimate of drug-likeness (QED) is 0.134. The number of hydrogen-bond acceptors (Lipinski definition) is 12. The summed E-state index contributed by atoms with van der Waals surface area (Å²) in [5.41, 5.74) is 1.51. The molecule has 4 fully saturated rings. The van der Waals surface area contributed by atoms with Gasteiger partial charge < -0.3 is 49.4 Å². The molecule has 6 aliphatic rings. The van der Waals surface area contributed by atoms with E-state index in [0.29, 0.717) is 63.4 Å². The molecule has 5 aliphatic heterocycles. The van der Waals surface area contributed by atoms with Gasteiger partial charge in [0.25, 0.3) is 11.7 Å². The number of Topliss-reactive ketones (excluding diaryl/α,β-unsaturated/α-hetero) is 1. The monoisotopic (exact) mass is 886 g/mol. The van der Waals surface area contributed by atoms with Gasteiger partial charge in [0, 0.05) is 44.9 Å². The zero-order valence-electron chi connectivity index (χ0n) is 39.3. The van der Waals surface area contributed by atoms with Crippen molar-refractivity contribution in [2.45, 2.75) is 180 Å². The van der Waals surface area contributed by atoms with Crippen LogP contribution < -0.4 is 0 Å². The van der Waals surface area contributed by atoms with Crippen LogP contribution in [0, 0.1) is 47.3 Å². The number of carbonyl (C=O) groups excluding carboxylic acids is 3. The lowest BCUT2D eigenvalue weighted by Crippen LogP contribution is -2.65. The molecule has 18 atom stereocenters. The van der Waals surface area contributed by atoms with Gasteiger partial charge in [0.1, 0.15) is 24.4 Å². The van der Waals surface area contributed by atoms with E-state index in [2.05, 4.69) is 32.1 Å². The molecule has 0 spiro atoms. The van der Waals surface area contributed by atoms with Gasteiger partial charge in [-0.25, -0.2) is 4.79 Å². The summed E-state index contributed by atoms with van der Waals surface area (Å²) >= 11 is 0. The van der Waals surface area contributed by atoms with E-state index in [0.717, 1.165) is 12.0 Å². The Bertz CT molecular complexity index is 1680. The molecular formula is C50H79NO12. The predicted molar refractivity (Wildman–Crippen MR) is 239 cm³/mol. The van der Waals surface area contributed by atoms with E-state index in [4.69, 9.17) is 18.9 Å². The molecule has 6 bridgehead atoms. The van der Waals surface area contributed by atoms with E-state index in [-0.39, 0.29) is 48.7 Å². The minimum absolute atomic E-state index is 0.0872. The number of carbonyl (C=O) groups is 3. The van der Waals surface area contributed by atoms with Crippen LogP contribution in [0.5, 0.6) is 0 Å². The summed E-state index contributed by atoms with van der Waals surface area (Å²) in [6.45, 7) is 13.5. The lowest BCUT2D eigenvalue weighted by Gasteiger charge is -2.50. The van der Waals surface area contributed by atoms with Crippen molar-refractivity contribution >= 4 is 17.7 Å². The maximum absolute atomic E-state index is 14.4. The zero-order chi connectivity index (χ0) is 46.3. The molecule has 0 radical (unpaired) electrons. The summed E-state index contributed by atoms with van der Waals surface area (Å²) in [6, 6.07) is -1.07. The Hall–Kier alpha value is -2.75. The van der Waals surface area contributed by atoms with Crippen molar-refractivity contribution in [3.8, 4) is 0 Å².